The lowest BCUT2D eigenvalue weighted by Crippen LogP contribution is -2.26. The molecule has 1 aromatic heterocycles. The molecule has 0 saturated heterocycles. The fourth-order valence-electron chi connectivity index (χ4n) is 6.09. The summed E-state index contributed by atoms with van der Waals surface area (Å²) in [6.45, 7) is 1.79. The number of fused-ring (bicyclic) bond motifs is 2. The summed E-state index contributed by atoms with van der Waals surface area (Å²) in [5.74, 6) is 0.278. The van der Waals surface area contributed by atoms with Crippen LogP contribution in [0.5, 0.6) is 0 Å². The van der Waals surface area contributed by atoms with E-state index in [0.717, 1.165) is 54.3 Å². The second-order valence-electron chi connectivity index (χ2n) is 10.3. The molecule has 2 fully saturated rings. The molecule has 0 unspecified atom stereocenters. The highest BCUT2D eigenvalue weighted by Gasteiger charge is 2.65. The van der Waals surface area contributed by atoms with Gasteiger partial charge < -0.3 is 5.32 Å². The van der Waals surface area contributed by atoms with Gasteiger partial charge in [0.15, 0.2) is 0 Å². The van der Waals surface area contributed by atoms with Crippen molar-refractivity contribution in [3.8, 4) is 0 Å². The van der Waals surface area contributed by atoms with E-state index in [1.165, 1.54) is 12.1 Å². The van der Waals surface area contributed by atoms with Crippen molar-refractivity contribution >= 4 is 32.7 Å². The smallest absolute Gasteiger partial charge is 0.310 e. The second-order valence-corrected chi connectivity index (χ2v) is 12.7. The molecule has 3 nitrogen and oxygen atoms in total. The third-order valence-electron chi connectivity index (χ3n) is 7.92. The van der Waals surface area contributed by atoms with Gasteiger partial charge in [-0.3, -0.25) is 9.78 Å². The average Bonchev–Trinajstić information content (AvgIpc) is 3.36. The number of hydrogen-bond acceptors (Lipinski definition) is 2. The number of halogens is 6. The predicted molar refractivity (Wildman–Crippen MR) is 129 cm³/mol. The number of benzene rings is 2. The van der Waals surface area contributed by atoms with Crippen LogP contribution in [0.3, 0.4) is 0 Å². The largest absolute Gasteiger partial charge is 0.326 e. The number of amides is 1. The topological polar surface area (TPSA) is 42.0 Å². The molecule has 10 heteroatoms. The maximum atomic E-state index is 13.9. The summed E-state index contributed by atoms with van der Waals surface area (Å²) in [7, 11) is -9.75. The molecule has 2 aromatic carbocycles. The molecule has 1 amide bonds. The minimum Gasteiger partial charge on any atom is -0.326 e. The SMILES string of the molecule is C[C@@H](C(=O)Nc1ccc(S(F)(F)(F)(F)F)cc1)[C@@H]1C[C@H]2C[C@@H](c3ccnc4ccc(F)cc34)C[C@H]2C1. The van der Waals surface area contributed by atoms with Crippen LogP contribution in [0.25, 0.3) is 10.9 Å². The fourth-order valence-corrected chi connectivity index (χ4v) is 6.74. The molecule has 0 spiro atoms. The predicted octanol–water partition coefficient (Wildman–Crippen LogP) is 8.83. The Kier molecular flexibility index (Phi) is 5.45. The Morgan fingerprint density at radius 3 is 2.19 bits per heavy atom. The van der Waals surface area contributed by atoms with Crippen LogP contribution in [-0.2, 0) is 4.79 Å². The minimum atomic E-state index is -9.75. The van der Waals surface area contributed by atoms with Gasteiger partial charge in [0, 0.05) is 23.2 Å². The molecule has 1 heterocycles. The third kappa shape index (κ3) is 4.92. The quantitative estimate of drug-likeness (QED) is 0.336. The molecule has 5 atom stereocenters. The highest BCUT2D eigenvalue weighted by Crippen LogP contribution is 3.02. The standard InChI is InChI=1S/C26H26F6N2OS/c1-15(26(35)34-21-3-5-22(6-4-21)36(28,29,30,31)32)16-10-17-12-19(13-18(17)11-16)23-8-9-33-25-7-2-20(27)14-24(23)25/h2-9,14-19H,10-13H2,1H3,(H,34,35)/t15-,16-,17+,18-,19-/m1/s1. The number of rotatable bonds is 5. The van der Waals surface area contributed by atoms with E-state index in [1.807, 2.05) is 6.07 Å². The first kappa shape index (κ1) is 24.9. The lowest BCUT2D eigenvalue weighted by atomic mass is 9.86. The number of nitrogens with zero attached hydrogens (tertiary/aromatic N) is 1. The van der Waals surface area contributed by atoms with Crippen LogP contribution in [0.2, 0.25) is 0 Å². The highest BCUT2D eigenvalue weighted by atomic mass is 32.5. The fraction of sp³-hybridized carbons (Fsp3) is 0.385. The molecule has 5 rings (SSSR count). The molecular formula is C26H26F6N2OS. The van der Waals surface area contributed by atoms with E-state index < -0.39 is 15.1 Å². The first-order chi connectivity index (χ1) is 16.7. The van der Waals surface area contributed by atoms with Crippen LogP contribution < -0.4 is 5.32 Å². The van der Waals surface area contributed by atoms with E-state index in [-0.39, 0.29) is 29.2 Å². The monoisotopic (exact) mass is 528 g/mol. The molecule has 2 aliphatic rings. The van der Waals surface area contributed by atoms with Crippen LogP contribution in [-0.4, -0.2) is 10.9 Å². The number of nitrogens with one attached hydrogen (secondary N) is 1. The zero-order chi connectivity index (χ0) is 25.9. The Hall–Kier alpha value is -2.75. The minimum absolute atomic E-state index is 0.0486. The highest BCUT2D eigenvalue weighted by molar-refractivity contribution is 8.45. The van der Waals surface area contributed by atoms with Crippen molar-refractivity contribution in [2.24, 2.45) is 23.7 Å². The van der Waals surface area contributed by atoms with Crippen LogP contribution in [0.4, 0.5) is 29.5 Å². The zero-order valence-electron chi connectivity index (χ0n) is 19.4. The van der Waals surface area contributed by atoms with E-state index >= 15 is 0 Å². The van der Waals surface area contributed by atoms with Crippen LogP contribution >= 0.6 is 10.2 Å². The Bertz CT molecular complexity index is 1320. The van der Waals surface area contributed by atoms with Gasteiger partial charge in [-0.2, -0.15) is 0 Å². The number of anilines is 1. The Labute approximate surface area is 205 Å². The van der Waals surface area contributed by atoms with Gasteiger partial charge in [0.05, 0.1) is 5.52 Å². The molecule has 2 saturated carbocycles. The van der Waals surface area contributed by atoms with Gasteiger partial charge in [-0.05, 0) is 103 Å². The normalized spacial score (nSPS) is 26.8. The van der Waals surface area contributed by atoms with Gasteiger partial charge in [0.25, 0.3) is 0 Å². The van der Waals surface area contributed by atoms with Gasteiger partial charge in [0.2, 0.25) is 5.91 Å². The van der Waals surface area contributed by atoms with E-state index in [2.05, 4.69) is 10.3 Å². The summed E-state index contributed by atoms with van der Waals surface area (Å²) < 4.78 is 78.4. The molecule has 194 valence electrons. The Morgan fingerprint density at radius 1 is 0.944 bits per heavy atom. The van der Waals surface area contributed by atoms with Crippen molar-refractivity contribution in [3.63, 3.8) is 0 Å². The van der Waals surface area contributed by atoms with E-state index in [9.17, 15) is 28.6 Å². The average molecular weight is 529 g/mol. The third-order valence-corrected chi connectivity index (χ3v) is 9.08. The van der Waals surface area contributed by atoms with Gasteiger partial charge in [-0.1, -0.05) is 26.4 Å². The first-order valence-corrected chi connectivity index (χ1v) is 13.8. The molecule has 1 N–H and O–H groups in total. The zero-order valence-corrected chi connectivity index (χ0v) is 20.3. The molecule has 3 aromatic rings. The summed E-state index contributed by atoms with van der Waals surface area (Å²) in [5.41, 5.74) is 1.92. The van der Waals surface area contributed by atoms with Gasteiger partial charge >= 0.3 is 10.2 Å². The summed E-state index contributed by atoms with van der Waals surface area (Å²) >= 11 is 0. The van der Waals surface area contributed by atoms with Crippen molar-refractivity contribution in [2.45, 2.75) is 43.4 Å². The summed E-state index contributed by atoms with van der Waals surface area (Å²) in [5, 5.41) is 3.40. The van der Waals surface area contributed by atoms with Gasteiger partial charge in [0.1, 0.15) is 10.7 Å². The maximum Gasteiger partial charge on any atom is 0.310 e. The summed E-state index contributed by atoms with van der Waals surface area (Å²) in [6, 6.07) is 8.90. The lowest BCUT2D eigenvalue weighted by molar-refractivity contribution is -0.120. The molecule has 36 heavy (non-hydrogen) atoms. The Balaban J connectivity index is 1.22. The summed E-state index contributed by atoms with van der Waals surface area (Å²) in [4.78, 5) is 15.1. The van der Waals surface area contributed by atoms with Crippen molar-refractivity contribution < 1.29 is 28.6 Å². The number of carbonyl (C=O) groups excluding carboxylic acids is 1. The Morgan fingerprint density at radius 2 is 1.58 bits per heavy atom. The molecule has 0 aliphatic heterocycles. The lowest BCUT2D eigenvalue weighted by Gasteiger charge is -2.40. The van der Waals surface area contributed by atoms with Crippen LogP contribution in [0.1, 0.15) is 44.1 Å². The van der Waals surface area contributed by atoms with E-state index in [0.29, 0.717) is 29.9 Å². The second kappa shape index (κ2) is 7.87. The number of pyridine rings is 1. The van der Waals surface area contributed by atoms with E-state index in [1.54, 1.807) is 19.2 Å². The molecule has 2 aliphatic carbocycles. The van der Waals surface area contributed by atoms with Crippen molar-refractivity contribution in [1.29, 1.82) is 0 Å². The van der Waals surface area contributed by atoms with Crippen LogP contribution in [0, 0.1) is 29.5 Å². The number of hydrogen-bond donors (Lipinski definition) is 1. The van der Waals surface area contributed by atoms with Gasteiger partial charge in [-0.15, -0.1) is 0 Å². The molecule has 0 bridgehead atoms. The maximum absolute atomic E-state index is 13.9. The van der Waals surface area contributed by atoms with Crippen LogP contribution in [0.15, 0.2) is 59.6 Å². The van der Waals surface area contributed by atoms with E-state index in [4.69, 9.17) is 0 Å². The number of aromatic nitrogens is 1. The molecular weight excluding hydrogens is 502 g/mol. The number of carbonyl (C=O) groups is 1. The van der Waals surface area contributed by atoms with Crippen molar-refractivity contribution in [2.75, 3.05) is 5.32 Å². The van der Waals surface area contributed by atoms with Crippen molar-refractivity contribution in [1.82, 2.24) is 4.98 Å². The van der Waals surface area contributed by atoms with Crippen molar-refractivity contribution in [3.05, 3.63) is 66.1 Å². The molecule has 0 radical (unpaired) electrons. The summed E-state index contributed by atoms with van der Waals surface area (Å²) in [6.07, 6.45) is 5.36. The van der Waals surface area contributed by atoms with Gasteiger partial charge in [-0.25, -0.2) is 4.39 Å². The first-order valence-electron chi connectivity index (χ1n) is 11.9.